The molecule has 1 aliphatic rings. The predicted octanol–water partition coefficient (Wildman–Crippen LogP) is 2.44. The number of hydrogen-bond donors (Lipinski definition) is 0. The molecule has 0 radical (unpaired) electrons. The Hall–Kier alpha value is -1.52. The molecular formula is C12H12F3NO. The maximum atomic E-state index is 12.3. The third kappa shape index (κ3) is 2.28. The molecule has 1 heterocycles. The third-order valence-corrected chi connectivity index (χ3v) is 3.03. The minimum Gasteiger partial charge on any atom is -0.330 e. The number of rotatable bonds is 0. The Morgan fingerprint density at radius 3 is 2.71 bits per heavy atom. The number of carbonyl (C=O) groups excluding carboxylic acids is 1. The van der Waals surface area contributed by atoms with Gasteiger partial charge < -0.3 is 4.90 Å². The summed E-state index contributed by atoms with van der Waals surface area (Å²) < 4.78 is 36.9. The third-order valence-electron chi connectivity index (χ3n) is 3.03. The van der Waals surface area contributed by atoms with Gasteiger partial charge in [-0.15, -0.1) is 0 Å². The molecule has 0 aliphatic carbocycles. The maximum Gasteiger partial charge on any atom is 0.471 e. The molecule has 0 aromatic heterocycles. The van der Waals surface area contributed by atoms with Gasteiger partial charge in [-0.25, -0.2) is 0 Å². The number of nitrogens with zero attached hydrogens (tertiary/aromatic N) is 1. The van der Waals surface area contributed by atoms with Crippen LogP contribution < -0.4 is 0 Å². The van der Waals surface area contributed by atoms with E-state index in [1.54, 1.807) is 12.1 Å². The maximum absolute atomic E-state index is 12.3. The van der Waals surface area contributed by atoms with Crippen LogP contribution in [-0.4, -0.2) is 23.5 Å². The van der Waals surface area contributed by atoms with E-state index in [0.29, 0.717) is 6.42 Å². The van der Waals surface area contributed by atoms with Gasteiger partial charge in [-0.05, 0) is 30.0 Å². The summed E-state index contributed by atoms with van der Waals surface area (Å²) in [7, 11) is 0. The van der Waals surface area contributed by atoms with Gasteiger partial charge in [-0.3, -0.25) is 4.79 Å². The Morgan fingerprint density at radius 1 is 1.35 bits per heavy atom. The highest BCUT2D eigenvalue weighted by molar-refractivity contribution is 5.82. The Morgan fingerprint density at radius 2 is 2.06 bits per heavy atom. The average Bonchev–Trinajstić information content (AvgIpc) is 2.26. The topological polar surface area (TPSA) is 20.3 Å². The molecule has 0 N–H and O–H groups in total. The molecule has 1 aliphatic heterocycles. The minimum absolute atomic E-state index is 0.0509. The molecule has 0 atom stereocenters. The first-order valence-corrected chi connectivity index (χ1v) is 5.33. The molecule has 2 rings (SSSR count). The van der Waals surface area contributed by atoms with Crippen molar-refractivity contribution in [2.24, 2.45) is 0 Å². The minimum atomic E-state index is -4.78. The zero-order chi connectivity index (χ0) is 12.6. The summed E-state index contributed by atoms with van der Waals surface area (Å²) in [4.78, 5) is 12.0. The molecule has 2 nitrogen and oxygen atoms in total. The second kappa shape index (κ2) is 4.05. The summed E-state index contributed by atoms with van der Waals surface area (Å²) >= 11 is 0. The van der Waals surface area contributed by atoms with Crippen LogP contribution in [0.3, 0.4) is 0 Å². The summed E-state index contributed by atoms with van der Waals surface area (Å²) in [5.41, 5.74) is 2.95. The Bertz CT molecular complexity index is 454. The standard InChI is InChI=1S/C12H12F3NO/c1-8-3-2-4-9-7-16(6-5-10(8)9)11(17)12(13,14)15/h2-4H,5-7H2,1H3. The highest BCUT2D eigenvalue weighted by Crippen LogP contribution is 2.26. The van der Waals surface area contributed by atoms with Crippen LogP contribution in [0, 0.1) is 6.92 Å². The smallest absolute Gasteiger partial charge is 0.330 e. The molecule has 0 unspecified atom stereocenters. The van der Waals surface area contributed by atoms with Crippen molar-refractivity contribution >= 4 is 5.91 Å². The van der Waals surface area contributed by atoms with Crippen LogP contribution in [0.5, 0.6) is 0 Å². The molecule has 1 aromatic carbocycles. The fraction of sp³-hybridized carbons (Fsp3) is 0.417. The van der Waals surface area contributed by atoms with Gasteiger partial charge in [0.1, 0.15) is 0 Å². The molecule has 92 valence electrons. The lowest BCUT2D eigenvalue weighted by molar-refractivity contribution is -0.186. The highest BCUT2D eigenvalue weighted by atomic mass is 19.4. The normalized spacial score (nSPS) is 15.6. The Balaban J connectivity index is 2.23. The van der Waals surface area contributed by atoms with Crippen molar-refractivity contribution in [2.75, 3.05) is 6.54 Å². The highest BCUT2D eigenvalue weighted by Gasteiger charge is 2.43. The van der Waals surface area contributed by atoms with Crippen molar-refractivity contribution in [3.8, 4) is 0 Å². The number of carbonyl (C=O) groups is 1. The second-order valence-electron chi connectivity index (χ2n) is 4.19. The van der Waals surface area contributed by atoms with Gasteiger partial charge in [-0.2, -0.15) is 13.2 Å². The van der Waals surface area contributed by atoms with Crippen LogP contribution >= 0.6 is 0 Å². The number of fused-ring (bicyclic) bond motifs is 1. The summed E-state index contributed by atoms with van der Waals surface area (Å²) in [5, 5.41) is 0. The van der Waals surface area contributed by atoms with Gasteiger partial charge in [0.2, 0.25) is 0 Å². The predicted molar refractivity (Wildman–Crippen MR) is 56.4 cm³/mol. The van der Waals surface area contributed by atoms with Crippen molar-refractivity contribution in [2.45, 2.75) is 26.1 Å². The van der Waals surface area contributed by atoms with Gasteiger partial charge in [0.05, 0.1) is 0 Å². The van der Waals surface area contributed by atoms with Crippen LogP contribution in [0.4, 0.5) is 13.2 Å². The quantitative estimate of drug-likeness (QED) is 0.685. The molecule has 1 amide bonds. The fourth-order valence-electron chi connectivity index (χ4n) is 2.15. The fourth-order valence-corrected chi connectivity index (χ4v) is 2.15. The largest absolute Gasteiger partial charge is 0.471 e. The van der Waals surface area contributed by atoms with E-state index < -0.39 is 12.1 Å². The molecule has 0 spiro atoms. The first-order valence-electron chi connectivity index (χ1n) is 5.33. The van der Waals surface area contributed by atoms with Gasteiger partial charge in [0, 0.05) is 13.1 Å². The van der Waals surface area contributed by atoms with Crippen molar-refractivity contribution in [3.63, 3.8) is 0 Å². The summed E-state index contributed by atoms with van der Waals surface area (Å²) in [6, 6.07) is 5.51. The molecule has 5 heteroatoms. The van der Waals surface area contributed by atoms with E-state index in [-0.39, 0.29) is 13.1 Å². The van der Waals surface area contributed by atoms with Crippen molar-refractivity contribution in [3.05, 3.63) is 34.9 Å². The lowest BCUT2D eigenvalue weighted by Crippen LogP contribution is -2.43. The number of aryl methyl sites for hydroxylation is 1. The molecule has 0 bridgehead atoms. The summed E-state index contributed by atoms with van der Waals surface area (Å²) in [6.07, 6.45) is -4.29. The SMILES string of the molecule is Cc1cccc2c1CCN(C(=O)C(F)(F)F)C2. The van der Waals surface area contributed by atoms with E-state index in [0.717, 1.165) is 21.6 Å². The van der Waals surface area contributed by atoms with Crippen LogP contribution in [0.1, 0.15) is 16.7 Å². The van der Waals surface area contributed by atoms with E-state index >= 15 is 0 Å². The second-order valence-corrected chi connectivity index (χ2v) is 4.19. The van der Waals surface area contributed by atoms with E-state index in [2.05, 4.69) is 0 Å². The molecule has 17 heavy (non-hydrogen) atoms. The molecule has 0 saturated carbocycles. The molecule has 1 aromatic rings. The Kier molecular flexibility index (Phi) is 2.85. The summed E-state index contributed by atoms with van der Waals surface area (Å²) in [5.74, 6) is -1.75. The van der Waals surface area contributed by atoms with Crippen molar-refractivity contribution < 1.29 is 18.0 Å². The zero-order valence-corrected chi connectivity index (χ0v) is 9.34. The number of hydrogen-bond acceptors (Lipinski definition) is 1. The van der Waals surface area contributed by atoms with Crippen LogP contribution in [-0.2, 0) is 17.8 Å². The van der Waals surface area contributed by atoms with E-state index in [4.69, 9.17) is 0 Å². The van der Waals surface area contributed by atoms with Gasteiger partial charge in [-0.1, -0.05) is 18.2 Å². The van der Waals surface area contributed by atoms with Crippen molar-refractivity contribution in [1.82, 2.24) is 4.90 Å². The van der Waals surface area contributed by atoms with E-state index in [9.17, 15) is 18.0 Å². The Labute approximate surface area is 97.0 Å². The van der Waals surface area contributed by atoms with Crippen LogP contribution in [0.25, 0.3) is 0 Å². The van der Waals surface area contributed by atoms with E-state index in [1.807, 2.05) is 13.0 Å². The van der Waals surface area contributed by atoms with Gasteiger partial charge in [0.15, 0.2) is 0 Å². The van der Waals surface area contributed by atoms with Crippen LogP contribution in [0.2, 0.25) is 0 Å². The number of benzene rings is 1. The van der Waals surface area contributed by atoms with Gasteiger partial charge >= 0.3 is 12.1 Å². The molecule has 0 saturated heterocycles. The first kappa shape index (κ1) is 12.0. The molecule has 0 fully saturated rings. The average molecular weight is 243 g/mol. The first-order chi connectivity index (χ1) is 7.89. The van der Waals surface area contributed by atoms with E-state index in [1.165, 1.54) is 0 Å². The van der Waals surface area contributed by atoms with Gasteiger partial charge in [0.25, 0.3) is 0 Å². The number of alkyl halides is 3. The number of halogens is 3. The number of amides is 1. The lowest BCUT2D eigenvalue weighted by atomic mass is 9.95. The lowest BCUT2D eigenvalue weighted by Gasteiger charge is -2.30. The molecular weight excluding hydrogens is 231 g/mol. The zero-order valence-electron chi connectivity index (χ0n) is 9.34. The van der Waals surface area contributed by atoms with Crippen LogP contribution in [0.15, 0.2) is 18.2 Å². The monoisotopic (exact) mass is 243 g/mol. The van der Waals surface area contributed by atoms with Crippen molar-refractivity contribution in [1.29, 1.82) is 0 Å². The summed E-state index contributed by atoms with van der Waals surface area (Å²) in [6.45, 7) is 2.12.